The second-order valence-corrected chi connectivity index (χ2v) is 3.73. The van der Waals surface area contributed by atoms with Gasteiger partial charge in [-0.1, -0.05) is 0 Å². The minimum atomic E-state index is 0.691. The number of ether oxygens (including phenoxy) is 1. The van der Waals surface area contributed by atoms with Gasteiger partial charge in [-0.3, -0.25) is 4.40 Å². The van der Waals surface area contributed by atoms with E-state index in [9.17, 15) is 0 Å². The Hall–Kier alpha value is -2.30. The van der Waals surface area contributed by atoms with Crippen molar-refractivity contribution in [3.8, 4) is 17.3 Å². The summed E-state index contributed by atoms with van der Waals surface area (Å²) in [5.74, 6) is 3.01. The molecule has 3 rings (SSSR count). The third-order valence-electron chi connectivity index (χ3n) is 2.58. The molecule has 0 aliphatic heterocycles. The van der Waals surface area contributed by atoms with Crippen LogP contribution in [0.25, 0.3) is 17.2 Å². The molecule has 0 aliphatic carbocycles. The van der Waals surface area contributed by atoms with Crippen LogP contribution in [0.1, 0.15) is 5.76 Å². The number of fused-ring (bicyclic) bond motifs is 1. The predicted molar refractivity (Wildman–Crippen MR) is 62.0 cm³/mol. The molecule has 0 N–H and O–H groups in total. The van der Waals surface area contributed by atoms with Crippen LogP contribution in [0.15, 0.2) is 34.9 Å². The quantitative estimate of drug-likeness (QED) is 0.676. The Kier molecular flexibility index (Phi) is 2.11. The first-order valence-electron chi connectivity index (χ1n) is 5.23. The van der Waals surface area contributed by atoms with Gasteiger partial charge in [0.25, 0.3) is 0 Å². The molecule has 0 fully saturated rings. The number of pyridine rings is 1. The van der Waals surface area contributed by atoms with Crippen LogP contribution in [-0.4, -0.2) is 21.7 Å². The van der Waals surface area contributed by atoms with Gasteiger partial charge in [-0.15, -0.1) is 10.2 Å². The number of hydrogen-bond acceptors (Lipinski definition) is 4. The second-order valence-electron chi connectivity index (χ2n) is 3.73. The lowest BCUT2D eigenvalue weighted by Crippen LogP contribution is -1.89. The maximum absolute atomic E-state index is 5.54. The van der Waals surface area contributed by atoms with Crippen molar-refractivity contribution in [3.05, 3.63) is 36.2 Å². The molecule has 0 unspecified atom stereocenters. The van der Waals surface area contributed by atoms with Crippen molar-refractivity contribution < 1.29 is 9.15 Å². The fraction of sp³-hybridized carbons (Fsp3) is 0.167. The van der Waals surface area contributed by atoms with Crippen molar-refractivity contribution >= 4 is 5.65 Å². The van der Waals surface area contributed by atoms with E-state index < -0.39 is 0 Å². The average Bonchev–Trinajstić information content (AvgIpc) is 2.93. The molecule has 3 aromatic heterocycles. The highest BCUT2D eigenvalue weighted by Gasteiger charge is 2.11. The highest BCUT2D eigenvalue weighted by molar-refractivity contribution is 5.55. The van der Waals surface area contributed by atoms with Crippen LogP contribution < -0.4 is 4.74 Å². The fourth-order valence-corrected chi connectivity index (χ4v) is 1.72. The fourth-order valence-electron chi connectivity index (χ4n) is 1.72. The molecule has 0 saturated carbocycles. The lowest BCUT2D eigenvalue weighted by Gasteiger charge is -2.00. The topological polar surface area (TPSA) is 52.6 Å². The van der Waals surface area contributed by atoms with Gasteiger partial charge < -0.3 is 9.15 Å². The molecule has 5 nitrogen and oxygen atoms in total. The van der Waals surface area contributed by atoms with Gasteiger partial charge in [-0.05, 0) is 25.1 Å². The van der Waals surface area contributed by atoms with Gasteiger partial charge in [0.2, 0.25) is 5.82 Å². The minimum absolute atomic E-state index is 0.691. The third kappa shape index (κ3) is 1.56. The second kappa shape index (κ2) is 3.62. The number of rotatable bonds is 2. The van der Waals surface area contributed by atoms with Crippen LogP contribution in [0, 0.1) is 6.92 Å². The minimum Gasteiger partial charge on any atom is -0.497 e. The van der Waals surface area contributed by atoms with Crippen molar-refractivity contribution in [2.24, 2.45) is 0 Å². The molecule has 5 heteroatoms. The summed E-state index contributed by atoms with van der Waals surface area (Å²) in [6.45, 7) is 1.90. The summed E-state index contributed by atoms with van der Waals surface area (Å²) >= 11 is 0. The molecule has 3 aromatic rings. The van der Waals surface area contributed by atoms with E-state index in [4.69, 9.17) is 9.15 Å². The van der Waals surface area contributed by atoms with Crippen LogP contribution in [0.3, 0.4) is 0 Å². The molecule has 0 aliphatic rings. The van der Waals surface area contributed by atoms with E-state index in [1.807, 2.05) is 41.8 Å². The standard InChI is InChI=1S/C12H11N3O2/c1-8-3-4-10(17-8)12-14-13-11-7-9(16-2)5-6-15(11)12/h3-7H,1-2H3. The number of hydrogen-bond donors (Lipinski definition) is 0. The number of aryl methyl sites for hydroxylation is 1. The van der Waals surface area contributed by atoms with E-state index in [1.165, 1.54) is 0 Å². The van der Waals surface area contributed by atoms with Gasteiger partial charge in [0.15, 0.2) is 11.4 Å². The first-order valence-corrected chi connectivity index (χ1v) is 5.23. The van der Waals surface area contributed by atoms with Crippen LogP contribution in [0.5, 0.6) is 5.75 Å². The zero-order valence-electron chi connectivity index (χ0n) is 9.54. The van der Waals surface area contributed by atoms with E-state index in [1.54, 1.807) is 7.11 Å². The molecule has 0 saturated heterocycles. The first-order chi connectivity index (χ1) is 8.28. The van der Waals surface area contributed by atoms with Gasteiger partial charge >= 0.3 is 0 Å². The van der Waals surface area contributed by atoms with Crippen LogP contribution >= 0.6 is 0 Å². The normalized spacial score (nSPS) is 10.9. The lowest BCUT2D eigenvalue weighted by atomic mass is 10.4. The molecule has 17 heavy (non-hydrogen) atoms. The summed E-state index contributed by atoms with van der Waals surface area (Å²) in [5, 5.41) is 8.20. The Morgan fingerprint density at radius 3 is 2.82 bits per heavy atom. The molecule has 86 valence electrons. The van der Waals surface area contributed by atoms with Crippen LogP contribution in [0.2, 0.25) is 0 Å². The summed E-state index contributed by atoms with van der Waals surface area (Å²) in [6.07, 6.45) is 1.86. The van der Waals surface area contributed by atoms with Crippen molar-refractivity contribution in [2.75, 3.05) is 7.11 Å². The predicted octanol–water partition coefficient (Wildman–Crippen LogP) is 2.31. The molecule has 0 atom stereocenters. The van der Waals surface area contributed by atoms with E-state index >= 15 is 0 Å². The molecular formula is C12H11N3O2. The monoisotopic (exact) mass is 229 g/mol. The summed E-state index contributed by atoms with van der Waals surface area (Å²) in [7, 11) is 1.62. The largest absolute Gasteiger partial charge is 0.497 e. The van der Waals surface area contributed by atoms with Gasteiger partial charge in [-0.2, -0.15) is 0 Å². The number of nitrogens with zero attached hydrogens (tertiary/aromatic N) is 3. The maximum atomic E-state index is 5.54. The highest BCUT2D eigenvalue weighted by Crippen LogP contribution is 2.22. The number of furan rings is 1. The molecule has 3 heterocycles. The Bertz CT molecular complexity index is 669. The Morgan fingerprint density at radius 1 is 1.24 bits per heavy atom. The zero-order valence-corrected chi connectivity index (χ0v) is 9.54. The summed E-state index contributed by atoms with van der Waals surface area (Å²) in [4.78, 5) is 0. The van der Waals surface area contributed by atoms with Crippen molar-refractivity contribution in [3.63, 3.8) is 0 Å². The van der Waals surface area contributed by atoms with Gasteiger partial charge in [0.05, 0.1) is 7.11 Å². The van der Waals surface area contributed by atoms with Gasteiger partial charge in [-0.25, -0.2) is 0 Å². The highest BCUT2D eigenvalue weighted by atomic mass is 16.5. The van der Waals surface area contributed by atoms with Gasteiger partial charge in [0.1, 0.15) is 11.5 Å². The smallest absolute Gasteiger partial charge is 0.204 e. The Morgan fingerprint density at radius 2 is 2.12 bits per heavy atom. The van der Waals surface area contributed by atoms with Crippen molar-refractivity contribution in [2.45, 2.75) is 6.92 Å². The molecule has 0 spiro atoms. The molecule has 0 radical (unpaired) electrons. The molecule has 0 aromatic carbocycles. The average molecular weight is 229 g/mol. The Labute approximate surface area is 97.7 Å². The zero-order chi connectivity index (χ0) is 11.8. The van der Waals surface area contributed by atoms with E-state index in [-0.39, 0.29) is 0 Å². The van der Waals surface area contributed by atoms with Crippen molar-refractivity contribution in [1.82, 2.24) is 14.6 Å². The first kappa shape index (κ1) is 9.89. The summed E-state index contributed by atoms with van der Waals surface area (Å²) in [6, 6.07) is 7.47. The number of aromatic nitrogens is 3. The third-order valence-corrected chi connectivity index (χ3v) is 2.58. The van der Waals surface area contributed by atoms with E-state index in [0.29, 0.717) is 11.6 Å². The molecular weight excluding hydrogens is 218 g/mol. The summed E-state index contributed by atoms with van der Waals surface area (Å²) in [5.41, 5.74) is 0.730. The Balaban J connectivity index is 2.18. The van der Waals surface area contributed by atoms with E-state index in [2.05, 4.69) is 10.2 Å². The molecule has 0 amide bonds. The van der Waals surface area contributed by atoms with Gasteiger partial charge in [0, 0.05) is 12.3 Å². The van der Waals surface area contributed by atoms with Crippen LogP contribution in [0.4, 0.5) is 0 Å². The molecule has 0 bridgehead atoms. The van der Waals surface area contributed by atoms with E-state index in [0.717, 1.165) is 17.2 Å². The maximum Gasteiger partial charge on any atom is 0.204 e. The SMILES string of the molecule is COc1ccn2c(-c3ccc(C)o3)nnc2c1. The van der Waals surface area contributed by atoms with Crippen molar-refractivity contribution in [1.29, 1.82) is 0 Å². The number of methoxy groups -OCH3 is 1. The lowest BCUT2D eigenvalue weighted by molar-refractivity contribution is 0.414. The summed E-state index contributed by atoms with van der Waals surface area (Å²) < 4.78 is 12.5. The van der Waals surface area contributed by atoms with Crippen LogP contribution in [-0.2, 0) is 0 Å².